The number of rotatable bonds is 2. The van der Waals surface area contributed by atoms with Crippen LogP contribution in [0.1, 0.15) is 19.4 Å². The average molecular weight is 282 g/mol. The number of halogens is 1. The number of likely N-dealkylation sites (N-methyl/N-ethyl adjacent to an activating group) is 1. The van der Waals surface area contributed by atoms with Gasteiger partial charge in [-0.15, -0.1) is 0 Å². The Morgan fingerprint density at radius 3 is 2.62 bits per heavy atom. The van der Waals surface area contributed by atoms with E-state index in [1.807, 2.05) is 0 Å². The summed E-state index contributed by atoms with van der Waals surface area (Å²) in [4.78, 5) is 6.50. The molecule has 1 unspecified atom stereocenters. The Bertz CT molecular complexity index is 413. The van der Waals surface area contributed by atoms with E-state index in [1.54, 1.807) is 0 Å². The second kappa shape index (κ2) is 4.09. The SMILES string of the molecule is CCN1C(N)=NCC1(C)c1ccc(Br)cc1. The van der Waals surface area contributed by atoms with Crippen molar-refractivity contribution in [1.29, 1.82) is 0 Å². The van der Waals surface area contributed by atoms with E-state index >= 15 is 0 Å². The fourth-order valence-electron chi connectivity index (χ4n) is 2.23. The molecule has 86 valence electrons. The average Bonchev–Trinajstić information content (AvgIpc) is 2.56. The number of guanidine groups is 1. The van der Waals surface area contributed by atoms with Crippen LogP contribution < -0.4 is 5.73 Å². The summed E-state index contributed by atoms with van der Waals surface area (Å²) in [5, 5.41) is 0. The molecule has 0 aromatic heterocycles. The van der Waals surface area contributed by atoms with Crippen LogP contribution in [0.5, 0.6) is 0 Å². The summed E-state index contributed by atoms with van der Waals surface area (Å²) in [6.45, 7) is 5.89. The molecule has 0 bridgehead atoms. The van der Waals surface area contributed by atoms with Crippen molar-refractivity contribution < 1.29 is 0 Å². The van der Waals surface area contributed by atoms with E-state index in [0.29, 0.717) is 5.96 Å². The van der Waals surface area contributed by atoms with Crippen LogP contribution >= 0.6 is 15.9 Å². The van der Waals surface area contributed by atoms with Gasteiger partial charge in [0.2, 0.25) is 0 Å². The molecule has 1 aromatic carbocycles. The topological polar surface area (TPSA) is 41.6 Å². The fourth-order valence-corrected chi connectivity index (χ4v) is 2.49. The van der Waals surface area contributed by atoms with Gasteiger partial charge >= 0.3 is 0 Å². The van der Waals surface area contributed by atoms with Crippen LogP contribution in [0.3, 0.4) is 0 Å². The molecular formula is C12H16BrN3. The largest absolute Gasteiger partial charge is 0.370 e. The second-order valence-electron chi connectivity index (χ2n) is 4.20. The zero-order chi connectivity index (χ0) is 11.8. The van der Waals surface area contributed by atoms with Gasteiger partial charge in [0, 0.05) is 11.0 Å². The molecule has 4 heteroatoms. The van der Waals surface area contributed by atoms with Crippen molar-refractivity contribution >= 4 is 21.9 Å². The third kappa shape index (κ3) is 1.71. The lowest BCUT2D eigenvalue weighted by atomic mass is 9.91. The van der Waals surface area contributed by atoms with Gasteiger partial charge in [0.05, 0.1) is 12.1 Å². The zero-order valence-corrected chi connectivity index (χ0v) is 11.2. The maximum atomic E-state index is 5.90. The van der Waals surface area contributed by atoms with E-state index in [2.05, 4.69) is 63.9 Å². The van der Waals surface area contributed by atoms with Crippen LogP contribution in [0.4, 0.5) is 0 Å². The molecule has 0 spiro atoms. The highest BCUT2D eigenvalue weighted by molar-refractivity contribution is 9.10. The lowest BCUT2D eigenvalue weighted by molar-refractivity contribution is 0.235. The Balaban J connectivity index is 2.36. The molecular weight excluding hydrogens is 266 g/mol. The molecule has 0 radical (unpaired) electrons. The van der Waals surface area contributed by atoms with Crippen LogP contribution in [0.2, 0.25) is 0 Å². The molecule has 0 saturated carbocycles. The number of aliphatic imine (C=N–C) groups is 1. The minimum Gasteiger partial charge on any atom is -0.370 e. The highest BCUT2D eigenvalue weighted by Gasteiger charge is 2.38. The fraction of sp³-hybridized carbons (Fsp3) is 0.417. The Morgan fingerprint density at radius 1 is 1.44 bits per heavy atom. The molecule has 1 atom stereocenters. The molecule has 16 heavy (non-hydrogen) atoms. The van der Waals surface area contributed by atoms with Gasteiger partial charge in [0.15, 0.2) is 5.96 Å². The quantitative estimate of drug-likeness (QED) is 0.904. The molecule has 1 aliphatic heterocycles. The normalized spacial score (nSPS) is 24.7. The first-order valence-corrected chi connectivity index (χ1v) is 6.21. The minimum absolute atomic E-state index is 0.0977. The first-order chi connectivity index (χ1) is 7.58. The van der Waals surface area contributed by atoms with E-state index in [9.17, 15) is 0 Å². The first-order valence-electron chi connectivity index (χ1n) is 5.41. The van der Waals surface area contributed by atoms with Crippen molar-refractivity contribution in [3.63, 3.8) is 0 Å². The minimum atomic E-state index is -0.0977. The van der Waals surface area contributed by atoms with Crippen LogP contribution in [0, 0.1) is 0 Å². The molecule has 0 aliphatic carbocycles. The Morgan fingerprint density at radius 2 is 2.06 bits per heavy atom. The Hall–Kier alpha value is -1.03. The molecule has 0 fully saturated rings. The van der Waals surface area contributed by atoms with Crippen molar-refractivity contribution in [2.75, 3.05) is 13.1 Å². The molecule has 1 aromatic rings. The molecule has 1 heterocycles. The number of nitrogens with two attached hydrogens (primary N) is 1. The lowest BCUT2D eigenvalue weighted by Gasteiger charge is -2.35. The second-order valence-corrected chi connectivity index (χ2v) is 5.12. The Labute approximate surface area is 104 Å². The monoisotopic (exact) mass is 281 g/mol. The van der Waals surface area contributed by atoms with Gasteiger partial charge < -0.3 is 10.6 Å². The summed E-state index contributed by atoms with van der Waals surface area (Å²) in [5.41, 5.74) is 7.05. The molecule has 0 amide bonds. The number of benzene rings is 1. The summed E-state index contributed by atoms with van der Waals surface area (Å²) >= 11 is 3.45. The van der Waals surface area contributed by atoms with Crippen molar-refractivity contribution in [3.05, 3.63) is 34.3 Å². The summed E-state index contributed by atoms with van der Waals surface area (Å²) in [6, 6.07) is 8.37. The van der Waals surface area contributed by atoms with Crippen LogP contribution in [-0.4, -0.2) is 23.9 Å². The van der Waals surface area contributed by atoms with Crippen molar-refractivity contribution in [2.45, 2.75) is 19.4 Å². The van der Waals surface area contributed by atoms with Gasteiger partial charge in [0.25, 0.3) is 0 Å². The van der Waals surface area contributed by atoms with E-state index in [4.69, 9.17) is 5.73 Å². The number of nitrogens with zero attached hydrogens (tertiary/aromatic N) is 2. The van der Waals surface area contributed by atoms with Crippen molar-refractivity contribution in [1.82, 2.24) is 4.90 Å². The van der Waals surface area contributed by atoms with E-state index < -0.39 is 0 Å². The van der Waals surface area contributed by atoms with Crippen LogP contribution in [-0.2, 0) is 5.54 Å². The summed E-state index contributed by atoms with van der Waals surface area (Å²) in [7, 11) is 0. The third-order valence-corrected chi connectivity index (χ3v) is 3.73. The van der Waals surface area contributed by atoms with Gasteiger partial charge in [-0.1, -0.05) is 28.1 Å². The van der Waals surface area contributed by atoms with Crippen molar-refractivity contribution in [3.8, 4) is 0 Å². The maximum absolute atomic E-state index is 5.90. The van der Waals surface area contributed by atoms with Gasteiger partial charge in [0.1, 0.15) is 0 Å². The summed E-state index contributed by atoms with van der Waals surface area (Å²) < 4.78 is 1.09. The maximum Gasteiger partial charge on any atom is 0.192 e. The number of hydrogen-bond donors (Lipinski definition) is 1. The predicted octanol–water partition coefficient (Wildman–Crippen LogP) is 2.31. The van der Waals surface area contributed by atoms with E-state index in [0.717, 1.165) is 17.6 Å². The van der Waals surface area contributed by atoms with Gasteiger partial charge in [-0.05, 0) is 31.5 Å². The molecule has 3 nitrogen and oxygen atoms in total. The molecule has 2 N–H and O–H groups in total. The van der Waals surface area contributed by atoms with E-state index in [-0.39, 0.29) is 5.54 Å². The van der Waals surface area contributed by atoms with Gasteiger partial charge in [-0.25, -0.2) is 0 Å². The smallest absolute Gasteiger partial charge is 0.192 e. The predicted molar refractivity (Wildman–Crippen MR) is 70.4 cm³/mol. The van der Waals surface area contributed by atoms with Crippen LogP contribution in [0.15, 0.2) is 33.7 Å². The van der Waals surface area contributed by atoms with Crippen molar-refractivity contribution in [2.24, 2.45) is 10.7 Å². The molecule has 1 aliphatic rings. The zero-order valence-electron chi connectivity index (χ0n) is 9.57. The van der Waals surface area contributed by atoms with Gasteiger partial charge in [-0.2, -0.15) is 0 Å². The Kier molecular flexibility index (Phi) is 2.93. The summed E-state index contributed by atoms with van der Waals surface area (Å²) in [6.07, 6.45) is 0. The van der Waals surface area contributed by atoms with Gasteiger partial charge in [-0.3, -0.25) is 4.99 Å². The third-order valence-electron chi connectivity index (χ3n) is 3.20. The standard InChI is InChI=1S/C12H16BrN3/c1-3-16-11(14)15-8-12(16,2)9-4-6-10(13)7-5-9/h4-7H,3,8H2,1-2H3,(H2,14,15). The van der Waals surface area contributed by atoms with Crippen LogP contribution in [0.25, 0.3) is 0 Å². The number of hydrogen-bond acceptors (Lipinski definition) is 3. The van der Waals surface area contributed by atoms with E-state index in [1.165, 1.54) is 5.56 Å². The highest BCUT2D eigenvalue weighted by atomic mass is 79.9. The molecule has 2 rings (SSSR count). The lowest BCUT2D eigenvalue weighted by Crippen LogP contribution is -2.47. The summed E-state index contributed by atoms with van der Waals surface area (Å²) in [5.74, 6) is 0.646. The molecule has 0 saturated heterocycles. The highest BCUT2D eigenvalue weighted by Crippen LogP contribution is 2.32. The first kappa shape index (κ1) is 11.5.